The van der Waals surface area contributed by atoms with Gasteiger partial charge in [-0.2, -0.15) is 0 Å². The van der Waals surface area contributed by atoms with E-state index >= 15 is 0 Å². The normalized spacial score (nSPS) is 30.0. The Bertz CT molecular complexity index is 1080. The van der Waals surface area contributed by atoms with Crippen molar-refractivity contribution < 1.29 is 24.9 Å². The summed E-state index contributed by atoms with van der Waals surface area (Å²) in [7, 11) is 0. The fraction of sp³-hybridized carbons (Fsp3) is 0.652. The minimum absolute atomic E-state index is 0.138. The number of nitrogen functional groups attached to an aromatic ring is 1. The van der Waals surface area contributed by atoms with E-state index in [1.807, 2.05) is 6.92 Å². The molecule has 1 aliphatic heterocycles. The van der Waals surface area contributed by atoms with Crippen LogP contribution in [0.25, 0.3) is 11.2 Å². The summed E-state index contributed by atoms with van der Waals surface area (Å²) < 4.78 is 7.11. The van der Waals surface area contributed by atoms with Crippen LogP contribution in [0, 0.1) is 23.7 Å². The van der Waals surface area contributed by atoms with Gasteiger partial charge in [0.2, 0.25) is 5.82 Å². The van der Waals surface area contributed by atoms with E-state index < -0.39 is 30.4 Å². The average Bonchev–Trinajstić information content (AvgIpc) is 3.36. The maximum absolute atomic E-state index is 12.2. The van der Waals surface area contributed by atoms with E-state index in [2.05, 4.69) is 32.1 Å². The second-order valence-electron chi connectivity index (χ2n) is 9.11. The van der Waals surface area contributed by atoms with E-state index in [1.165, 1.54) is 10.9 Å². The van der Waals surface area contributed by atoms with Gasteiger partial charge < -0.3 is 31.1 Å². The summed E-state index contributed by atoms with van der Waals surface area (Å²) in [5.74, 6) is 6.81. The Morgan fingerprint density at radius 2 is 2.03 bits per heavy atom. The third-order valence-electron chi connectivity index (χ3n) is 6.73. The lowest BCUT2D eigenvalue weighted by molar-refractivity contribution is -0.137. The quantitative estimate of drug-likeness (QED) is 0.379. The van der Waals surface area contributed by atoms with E-state index in [9.17, 15) is 20.1 Å². The van der Waals surface area contributed by atoms with Gasteiger partial charge in [0.15, 0.2) is 23.8 Å². The highest BCUT2D eigenvalue weighted by molar-refractivity contribution is 5.83. The van der Waals surface area contributed by atoms with Crippen LogP contribution in [0.1, 0.15) is 58.0 Å². The van der Waals surface area contributed by atoms with Gasteiger partial charge in [-0.25, -0.2) is 15.0 Å². The number of hydrogen-bond acceptors (Lipinski definition) is 9. The SMILES string of the molecule is CCNC(=O)C1OC(n2cnc3c(N)nc(C#CCC4CCC(C(C)O)CC4)nc32)C(O)C1O. The topological polar surface area (TPSA) is 169 Å². The van der Waals surface area contributed by atoms with Crippen LogP contribution in [-0.2, 0) is 9.53 Å². The summed E-state index contributed by atoms with van der Waals surface area (Å²) >= 11 is 0. The number of aliphatic hydroxyl groups excluding tert-OH is 3. The number of nitrogens with zero attached hydrogens (tertiary/aromatic N) is 4. The molecule has 0 radical (unpaired) electrons. The van der Waals surface area contributed by atoms with Crippen LogP contribution in [0.15, 0.2) is 6.33 Å². The molecular formula is C23H32N6O5. The molecule has 4 rings (SSSR count). The number of likely N-dealkylation sites (N-methyl/N-ethyl adjacent to an activating group) is 1. The number of amides is 1. The number of nitrogens with two attached hydrogens (primary N) is 1. The Balaban J connectivity index is 1.51. The monoisotopic (exact) mass is 472 g/mol. The fourth-order valence-corrected chi connectivity index (χ4v) is 4.71. The number of nitrogens with one attached hydrogen (secondary N) is 1. The molecule has 1 saturated heterocycles. The molecule has 1 saturated carbocycles. The van der Waals surface area contributed by atoms with Crippen molar-refractivity contribution in [2.75, 3.05) is 12.3 Å². The van der Waals surface area contributed by atoms with E-state index in [0.29, 0.717) is 36.0 Å². The summed E-state index contributed by atoms with van der Waals surface area (Å²) in [6, 6.07) is 0. The number of rotatable bonds is 5. The zero-order valence-corrected chi connectivity index (χ0v) is 19.4. The number of aliphatic hydroxyl groups is 3. The van der Waals surface area contributed by atoms with Crippen molar-refractivity contribution in [1.82, 2.24) is 24.8 Å². The molecule has 184 valence electrons. The molecule has 5 atom stereocenters. The third-order valence-corrected chi connectivity index (χ3v) is 6.73. The first-order valence-corrected chi connectivity index (χ1v) is 11.8. The molecule has 5 unspecified atom stereocenters. The smallest absolute Gasteiger partial charge is 0.252 e. The van der Waals surface area contributed by atoms with Gasteiger partial charge in [-0.15, -0.1) is 0 Å². The molecule has 0 spiro atoms. The maximum Gasteiger partial charge on any atom is 0.252 e. The van der Waals surface area contributed by atoms with Crippen LogP contribution in [0.4, 0.5) is 5.82 Å². The van der Waals surface area contributed by atoms with Crippen LogP contribution in [-0.4, -0.2) is 71.7 Å². The fourth-order valence-electron chi connectivity index (χ4n) is 4.71. The standard InChI is InChI=1S/C23H32N6O5/c1-3-25-22(33)19-17(31)18(32)23(34-19)29-11-26-16-20(24)27-15(28-21(16)29)6-4-5-13-7-9-14(10-8-13)12(2)30/h11-14,17-19,23,30-32H,3,5,7-10H2,1-2H3,(H,25,33)(H2,24,27,28). The Morgan fingerprint density at radius 3 is 2.71 bits per heavy atom. The molecule has 1 amide bonds. The van der Waals surface area contributed by atoms with Gasteiger partial charge in [0, 0.05) is 13.0 Å². The number of aromatic nitrogens is 4. The van der Waals surface area contributed by atoms with Crippen LogP contribution < -0.4 is 11.1 Å². The van der Waals surface area contributed by atoms with Gasteiger partial charge in [0.1, 0.15) is 17.7 Å². The third kappa shape index (κ3) is 4.86. The van der Waals surface area contributed by atoms with E-state index in [0.717, 1.165) is 25.7 Å². The van der Waals surface area contributed by atoms with Crippen molar-refractivity contribution in [2.45, 2.75) is 76.6 Å². The molecule has 2 aliphatic rings. The Morgan fingerprint density at radius 1 is 1.29 bits per heavy atom. The number of carbonyl (C=O) groups is 1. The lowest BCUT2D eigenvalue weighted by atomic mass is 9.78. The molecule has 2 aromatic heterocycles. The van der Waals surface area contributed by atoms with Crippen molar-refractivity contribution in [2.24, 2.45) is 11.8 Å². The Kier molecular flexibility index (Phi) is 7.33. The zero-order valence-electron chi connectivity index (χ0n) is 19.4. The van der Waals surface area contributed by atoms with E-state index in [-0.39, 0.29) is 17.7 Å². The highest BCUT2D eigenvalue weighted by atomic mass is 16.6. The summed E-state index contributed by atoms with van der Waals surface area (Å²) in [4.78, 5) is 25.1. The van der Waals surface area contributed by atoms with Gasteiger partial charge in [-0.3, -0.25) is 9.36 Å². The van der Waals surface area contributed by atoms with Crippen molar-refractivity contribution in [3.63, 3.8) is 0 Å². The van der Waals surface area contributed by atoms with Crippen LogP contribution in [0.5, 0.6) is 0 Å². The zero-order chi connectivity index (χ0) is 24.4. The van der Waals surface area contributed by atoms with Crippen molar-refractivity contribution in [1.29, 1.82) is 0 Å². The molecule has 0 bridgehead atoms. The van der Waals surface area contributed by atoms with Gasteiger partial charge in [0.25, 0.3) is 5.91 Å². The minimum atomic E-state index is -1.41. The molecule has 2 aromatic rings. The summed E-state index contributed by atoms with van der Waals surface area (Å²) in [5.41, 5.74) is 6.68. The molecular weight excluding hydrogens is 440 g/mol. The second-order valence-corrected chi connectivity index (χ2v) is 9.11. The average molecular weight is 473 g/mol. The van der Waals surface area contributed by atoms with Crippen molar-refractivity contribution in [3.05, 3.63) is 12.2 Å². The summed E-state index contributed by atoms with van der Waals surface area (Å²) in [6.45, 7) is 3.97. The molecule has 1 aliphatic carbocycles. The molecule has 0 aromatic carbocycles. The second kappa shape index (κ2) is 10.2. The number of fused-ring (bicyclic) bond motifs is 1. The predicted molar refractivity (Wildman–Crippen MR) is 123 cm³/mol. The molecule has 11 heteroatoms. The van der Waals surface area contributed by atoms with E-state index in [1.54, 1.807) is 6.92 Å². The largest absolute Gasteiger partial charge is 0.393 e. The highest BCUT2D eigenvalue weighted by Crippen LogP contribution is 2.33. The first-order chi connectivity index (χ1) is 16.3. The molecule has 2 fully saturated rings. The van der Waals surface area contributed by atoms with Crippen molar-refractivity contribution >= 4 is 22.9 Å². The maximum atomic E-state index is 12.2. The first-order valence-electron chi connectivity index (χ1n) is 11.8. The minimum Gasteiger partial charge on any atom is -0.393 e. The number of hydrogen-bond donors (Lipinski definition) is 5. The first kappa shape index (κ1) is 24.3. The Labute approximate surface area is 197 Å². The van der Waals surface area contributed by atoms with Crippen LogP contribution >= 0.6 is 0 Å². The summed E-state index contributed by atoms with van der Waals surface area (Å²) in [5, 5.41) is 33.2. The highest BCUT2D eigenvalue weighted by Gasteiger charge is 2.47. The lowest BCUT2D eigenvalue weighted by Gasteiger charge is -2.29. The van der Waals surface area contributed by atoms with Gasteiger partial charge in [-0.05, 0) is 57.3 Å². The van der Waals surface area contributed by atoms with Gasteiger partial charge >= 0.3 is 0 Å². The molecule has 11 nitrogen and oxygen atoms in total. The lowest BCUT2D eigenvalue weighted by Crippen LogP contribution is -2.42. The number of ether oxygens (including phenoxy) is 1. The number of carbonyl (C=O) groups excluding carboxylic acids is 1. The molecule has 34 heavy (non-hydrogen) atoms. The van der Waals surface area contributed by atoms with Crippen LogP contribution in [0.2, 0.25) is 0 Å². The number of anilines is 1. The van der Waals surface area contributed by atoms with Gasteiger partial charge in [-0.1, -0.05) is 5.92 Å². The molecule has 6 N–H and O–H groups in total. The van der Waals surface area contributed by atoms with Crippen molar-refractivity contribution in [3.8, 4) is 11.8 Å². The van der Waals surface area contributed by atoms with E-state index in [4.69, 9.17) is 10.5 Å². The number of imidazole rings is 1. The Hall–Kier alpha value is -2.78. The van der Waals surface area contributed by atoms with Crippen LogP contribution in [0.3, 0.4) is 0 Å². The molecule has 3 heterocycles. The summed E-state index contributed by atoms with van der Waals surface area (Å²) in [6.07, 6.45) is 0.828. The van der Waals surface area contributed by atoms with Gasteiger partial charge in [0.05, 0.1) is 12.4 Å². The predicted octanol–water partition coefficient (Wildman–Crippen LogP) is 0.0926.